The number of hydrogen-bond donors (Lipinski definition) is 2. The Kier molecular flexibility index (Phi) is 6.57. The maximum absolute atomic E-state index is 12.3. The highest BCUT2D eigenvalue weighted by Crippen LogP contribution is 2.38. The number of rotatable bonds is 5. The van der Waals surface area contributed by atoms with Gasteiger partial charge in [-0.2, -0.15) is 0 Å². The number of hydrogen-bond acceptors (Lipinski definition) is 6. The molecule has 29 heavy (non-hydrogen) atoms. The number of alkyl carbamates (subject to hydrolysis) is 1. The molecule has 0 spiro atoms. The summed E-state index contributed by atoms with van der Waals surface area (Å²) in [5, 5.41) is 2.97. The molecular weight excluding hydrogens is 368 g/mol. The lowest BCUT2D eigenvalue weighted by Crippen LogP contribution is -2.38. The van der Waals surface area contributed by atoms with Crippen molar-refractivity contribution in [1.82, 2.24) is 15.3 Å². The summed E-state index contributed by atoms with van der Waals surface area (Å²) < 4.78 is 10.7. The average molecular weight is 401 g/mol. The molecular formula is C22H32N4O3. The van der Waals surface area contributed by atoms with E-state index in [9.17, 15) is 4.79 Å². The smallest absolute Gasteiger partial charge is 0.407 e. The van der Waals surface area contributed by atoms with E-state index in [-0.39, 0.29) is 12.0 Å². The predicted octanol–water partition coefficient (Wildman–Crippen LogP) is 3.76. The molecule has 1 aromatic carbocycles. The van der Waals surface area contributed by atoms with Crippen molar-refractivity contribution in [3.8, 4) is 5.88 Å². The van der Waals surface area contributed by atoms with Crippen LogP contribution in [0.25, 0.3) is 11.0 Å². The van der Waals surface area contributed by atoms with E-state index >= 15 is 0 Å². The monoisotopic (exact) mass is 400 g/mol. The van der Waals surface area contributed by atoms with Crippen LogP contribution in [0.2, 0.25) is 0 Å². The second kappa shape index (κ2) is 8.95. The molecule has 158 valence electrons. The number of methoxy groups -OCH3 is 1. The summed E-state index contributed by atoms with van der Waals surface area (Å²) in [6.07, 6.45) is 5.25. The number of amides is 1. The lowest BCUT2D eigenvalue weighted by molar-refractivity contribution is 0.0519. The van der Waals surface area contributed by atoms with Gasteiger partial charge in [0.05, 0.1) is 24.3 Å². The first-order valence-electron chi connectivity index (χ1n) is 10.3. The minimum Gasteiger partial charge on any atom is -0.480 e. The third-order valence-corrected chi connectivity index (χ3v) is 5.44. The molecule has 1 heterocycles. The number of nitrogens with two attached hydrogens (primary N) is 1. The molecule has 7 nitrogen and oxygen atoms in total. The summed E-state index contributed by atoms with van der Waals surface area (Å²) in [5.41, 5.74) is 8.30. The quantitative estimate of drug-likeness (QED) is 0.793. The van der Waals surface area contributed by atoms with Gasteiger partial charge in [-0.25, -0.2) is 14.8 Å². The fourth-order valence-electron chi connectivity index (χ4n) is 4.02. The first-order valence-corrected chi connectivity index (χ1v) is 10.3. The normalized spacial score (nSPS) is 20.9. The summed E-state index contributed by atoms with van der Waals surface area (Å²) in [7, 11) is 1.59. The van der Waals surface area contributed by atoms with Crippen LogP contribution in [0.4, 0.5) is 4.79 Å². The van der Waals surface area contributed by atoms with Crippen molar-refractivity contribution in [2.45, 2.75) is 64.0 Å². The van der Waals surface area contributed by atoms with Crippen LogP contribution in [0.1, 0.15) is 57.9 Å². The van der Waals surface area contributed by atoms with Gasteiger partial charge in [-0.3, -0.25) is 0 Å². The van der Waals surface area contributed by atoms with Gasteiger partial charge in [-0.1, -0.05) is 12.1 Å². The summed E-state index contributed by atoms with van der Waals surface area (Å²) in [6, 6.07) is 6.28. The van der Waals surface area contributed by atoms with Crippen molar-refractivity contribution in [2.75, 3.05) is 13.7 Å². The van der Waals surface area contributed by atoms with Gasteiger partial charge in [-0.15, -0.1) is 0 Å². The molecule has 0 aliphatic heterocycles. The van der Waals surface area contributed by atoms with E-state index in [4.69, 9.17) is 15.2 Å². The second-order valence-electron chi connectivity index (χ2n) is 8.79. The Morgan fingerprint density at radius 3 is 2.66 bits per heavy atom. The summed E-state index contributed by atoms with van der Waals surface area (Å²) in [4.78, 5) is 21.4. The van der Waals surface area contributed by atoms with Crippen LogP contribution in [0.3, 0.4) is 0 Å². The number of nitrogens with zero attached hydrogens (tertiary/aromatic N) is 2. The third-order valence-electron chi connectivity index (χ3n) is 5.44. The van der Waals surface area contributed by atoms with E-state index in [1.54, 1.807) is 13.3 Å². The number of nitrogens with one attached hydrogen (secondary N) is 1. The maximum Gasteiger partial charge on any atom is 0.407 e. The highest BCUT2D eigenvalue weighted by Gasteiger charge is 2.30. The molecule has 0 radical (unpaired) electrons. The molecule has 1 aliphatic rings. The third kappa shape index (κ3) is 5.56. The van der Waals surface area contributed by atoms with Crippen molar-refractivity contribution in [2.24, 2.45) is 11.7 Å². The van der Waals surface area contributed by atoms with E-state index in [0.717, 1.165) is 42.3 Å². The molecule has 0 saturated heterocycles. The molecule has 7 heteroatoms. The zero-order valence-electron chi connectivity index (χ0n) is 17.8. The number of benzene rings is 1. The molecule has 1 aromatic heterocycles. The van der Waals surface area contributed by atoms with Crippen LogP contribution in [-0.2, 0) is 4.74 Å². The highest BCUT2D eigenvalue weighted by molar-refractivity contribution is 5.79. The molecule has 1 unspecified atom stereocenters. The number of para-hydroxylation sites is 1. The molecule has 0 bridgehead atoms. The van der Waals surface area contributed by atoms with Crippen LogP contribution < -0.4 is 15.8 Å². The number of ether oxygens (including phenoxy) is 2. The fraction of sp³-hybridized carbons (Fsp3) is 0.591. The van der Waals surface area contributed by atoms with Gasteiger partial charge in [0.15, 0.2) is 0 Å². The van der Waals surface area contributed by atoms with Crippen LogP contribution in [0.5, 0.6) is 5.88 Å². The predicted molar refractivity (Wildman–Crippen MR) is 113 cm³/mol. The van der Waals surface area contributed by atoms with Crippen LogP contribution in [0, 0.1) is 5.92 Å². The number of carbonyl (C=O) groups is 1. The van der Waals surface area contributed by atoms with Crippen molar-refractivity contribution in [3.05, 3.63) is 30.0 Å². The number of aromatic nitrogens is 2. The summed E-state index contributed by atoms with van der Waals surface area (Å²) >= 11 is 0. The topological polar surface area (TPSA) is 99.4 Å². The molecule has 3 rings (SSSR count). The molecule has 1 amide bonds. The average Bonchev–Trinajstić information content (AvgIpc) is 2.67. The minimum absolute atomic E-state index is 0.0973. The Labute approximate surface area is 172 Å². The Bertz CT molecular complexity index is 842. The van der Waals surface area contributed by atoms with Crippen molar-refractivity contribution >= 4 is 17.1 Å². The van der Waals surface area contributed by atoms with Gasteiger partial charge < -0.3 is 20.5 Å². The Hall–Kier alpha value is -2.41. The number of carbonyl (C=O) groups excluding carboxylic acids is 1. The van der Waals surface area contributed by atoms with Crippen molar-refractivity contribution < 1.29 is 14.3 Å². The second-order valence-corrected chi connectivity index (χ2v) is 8.79. The van der Waals surface area contributed by atoms with Gasteiger partial charge in [0.25, 0.3) is 0 Å². The largest absolute Gasteiger partial charge is 0.480 e. The Balaban J connectivity index is 1.90. The standard InChI is InChI=1S/C22H32N4O3/c1-22(2,3)29-21(27)25-12-17(14-8-10-15(23)11-9-14)16-6-5-7-18-20(16)26-19(28-4)13-24-18/h5-7,13-15,17H,8-12,23H2,1-4H3,(H,25,27). The molecule has 1 saturated carbocycles. The Morgan fingerprint density at radius 2 is 2.00 bits per heavy atom. The van der Waals surface area contributed by atoms with Gasteiger partial charge in [0.1, 0.15) is 5.60 Å². The van der Waals surface area contributed by atoms with E-state index in [0.29, 0.717) is 18.3 Å². The Morgan fingerprint density at radius 1 is 1.28 bits per heavy atom. The van der Waals surface area contributed by atoms with Crippen LogP contribution >= 0.6 is 0 Å². The molecule has 1 aliphatic carbocycles. The first kappa shape index (κ1) is 21.3. The maximum atomic E-state index is 12.3. The van der Waals surface area contributed by atoms with Gasteiger partial charge >= 0.3 is 6.09 Å². The van der Waals surface area contributed by atoms with Gasteiger partial charge in [-0.05, 0) is 64.0 Å². The van der Waals surface area contributed by atoms with Crippen LogP contribution in [-0.4, -0.2) is 41.4 Å². The van der Waals surface area contributed by atoms with E-state index in [1.807, 2.05) is 32.9 Å². The zero-order valence-corrected chi connectivity index (χ0v) is 17.8. The molecule has 3 N–H and O–H groups in total. The molecule has 1 atom stereocenters. The lowest BCUT2D eigenvalue weighted by atomic mass is 9.75. The zero-order chi connectivity index (χ0) is 21.0. The fourth-order valence-corrected chi connectivity index (χ4v) is 4.02. The molecule has 1 fully saturated rings. The van der Waals surface area contributed by atoms with Crippen molar-refractivity contribution in [3.63, 3.8) is 0 Å². The van der Waals surface area contributed by atoms with Crippen molar-refractivity contribution in [1.29, 1.82) is 0 Å². The van der Waals surface area contributed by atoms with Crippen LogP contribution in [0.15, 0.2) is 24.4 Å². The summed E-state index contributed by atoms with van der Waals surface area (Å²) in [6.45, 7) is 6.06. The van der Waals surface area contributed by atoms with E-state index in [1.165, 1.54) is 0 Å². The SMILES string of the molecule is COc1cnc2cccc(C(CNC(=O)OC(C)(C)C)C3CCC(N)CC3)c2n1. The van der Waals surface area contributed by atoms with E-state index in [2.05, 4.69) is 21.4 Å². The first-order chi connectivity index (χ1) is 13.8. The van der Waals surface area contributed by atoms with Gasteiger partial charge in [0.2, 0.25) is 5.88 Å². The number of fused-ring (bicyclic) bond motifs is 1. The summed E-state index contributed by atoms with van der Waals surface area (Å²) in [5.74, 6) is 0.984. The van der Waals surface area contributed by atoms with Gasteiger partial charge in [0, 0.05) is 18.5 Å². The minimum atomic E-state index is -0.532. The molecule has 2 aromatic rings. The van der Waals surface area contributed by atoms with E-state index < -0.39 is 11.7 Å². The lowest BCUT2D eigenvalue weighted by Gasteiger charge is -2.33. The highest BCUT2D eigenvalue weighted by atomic mass is 16.6.